The van der Waals surface area contributed by atoms with Gasteiger partial charge in [-0.05, 0) is 41.9 Å². The average molecular weight is 274 g/mol. The Kier molecular flexibility index (Phi) is 3.89. The maximum Gasteiger partial charge on any atom is 0.337 e. The molecular formula is C17H22O3. The van der Waals surface area contributed by atoms with E-state index in [1.165, 1.54) is 12.7 Å². The molecule has 3 heteroatoms. The van der Waals surface area contributed by atoms with Crippen LogP contribution in [-0.2, 0) is 22.4 Å². The molecule has 0 fully saturated rings. The molecule has 0 aliphatic heterocycles. The van der Waals surface area contributed by atoms with Gasteiger partial charge in [-0.3, -0.25) is 0 Å². The standard InChI is InChI=1S/C17H22O3/c1-17(2,3)10-11-5-6-12-7-8-13(16(19)20-4)15(18)14(12)9-11/h5-6,9,18H,7-8,10H2,1-4H3. The predicted molar refractivity (Wildman–Crippen MR) is 79.5 cm³/mol. The number of esters is 1. The maximum atomic E-state index is 11.7. The second kappa shape index (κ2) is 5.31. The quantitative estimate of drug-likeness (QED) is 0.837. The molecule has 0 saturated heterocycles. The number of ether oxygens (including phenoxy) is 1. The molecule has 0 bridgehead atoms. The summed E-state index contributed by atoms with van der Waals surface area (Å²) in [5.74, 6) is -0.358. The highest BCUT2D eigenvalue weighted by molar-refractivity contribution is 5.97. The van der Waals surface area contributed by atoms with Crippen molar-refractivity contribution in [2.24, 2.45) is 5.41 Å². The fraction of sp³-hybridized carbons (Fsp3) is 0.471. The Morgan fingerprint density at radius 1 is 1.30 bits per heavy atom. The predicted octanol–water partition coefficient (Wildman–Crippen LogP) is 3.66. The average Bonchev–Trinajstić information content (AvgIpc) is 2.37. The summed E-state index contributed by atoms with van der Waals surface area (Å²) in [6, 6.07) is 6.17. The first-order valence-corrected chi connectivity index (χ1v) is 6.94. The van der Waals surface area contributed by atoms with Crippen molar-refractivity contribution in [1.29, 1.82) is 0 Å². The molecule has 0 aromatic heterocycles. The van der Waals surface area contributed by atoms with E-state index < -0.39 is 5.97 Å². The molecule has 0 saturated carbocycles. The molecule has 108 valence electrons. The highest BCUT2D eigenvalue weighted by Gasteiger charge is 2.24. The first-order valence-electron chi connectivity index (χ1n) is 6.94. The summed E-state index contributed by atoms with van der Waals surface area (Å²) in [5, 5.41) is 10.3. The van der Waals surface area contributed by atoms with Gasteiger partial charge in [-0.15, -0.1) is 0 Å². The first-order chi connectivity index (χ1) is 9.31. The summed E-state index contributed by atoms with van der Waals surface area (Å²) in [6.07, 6.45) is 2.23. The van der Waals surface area contributed by atoms with Crippen LogP contribution in [0.2, 0.25) is 0 Å². The van der Waals surface area contributed by atoms with E-state index >= 15 is 0 Å². The Morgan fingerprint density at radius 3 is 2.60 bits per heavy atom. The number of hydrogen-bond acceptors (Lipinski definition) is 3. The van der Waals surface area contributed by atoms with Crippen molar-refractivity contribution in [1.82, 2.24) is 0 Å². The van der Waals surface area contributed by atoms with Crippen LogP contribution in [0.15, 0.2) is 23.8 Å². The number of aliphatic hydroxyl groups excluding tert-OH is 1. The number of hydrogen-bond donors (Lipinski definition) is 1. The number of aliphatic hydroxyl groups is 1. The minimum atomic E-state index is -0.436. The van der Waals surface area contributed by atoms with Crippen LogP contribution in [0.5, 0.6) is 0 Å². The minimum Gasteiger partial charge on any atom is -0.507 e. The maximum absolute atomic E-state index is 11.7. The lowest BCUT2D eigenvalue weighted by molar-refractivity contribution is -0.136. The van der Waals surface area contributed by atoms with Gasteiger partial charge < -0.3 is 9.84 Å². The van der Waals surface area contributed by atoms with Gasteiger partial charge in [0.1, 0.15) is 5.76 Å². The summed E-state index contributed by atoms with van der Waals surface area (Å²) in [6.45, 7) is 6.55. The molecule has 0 atom stereocenters. The Balaban J connectivity index is 2.41. The summed E-state index contributed by atoms with van der Waals surface area (Å²) in [4.78, 5) is 11.7. The fourth-order valence-corrected chi connectivity index (χ4v) is 2.65. The van der Waals surface area contributed by atoms with Gasteiger partial charge >= 0.3 is 5.97 Å². The van der Waals surface area contributed by atoms with Gasteiger partial charge in [-0.1, -0.05) is 32.9 Å². The second-order valence-corrected chi connectivity index (χ2v) is 6.55. The zero-order valence-electron chi connectivity index (χ0n) is 12.6. The van der Waals surface area contributed by atoms with Gasteiger partial charge in [0.15, 0.2) is 0 Å². The Labute approximate surface area is 120 Å². The van der Waals surface area contributed by atoms with Crippen LogP contribution in [-0.4, -0.2) is 18.2 Å². The zero-order valence-corrected chi connectivity index (χ0v) is 12.6. The van der Waals surface area contributed by atoms with Gasteiger partial charge in [0.25, 0.3) is 0 Å². The minimum absolute atomic E-state index is 0.0776. The van der Waals surface area contributed by atoms with Crippen LogP contribution >= 0.6 is 0 Å². The van der Waals surface area contributed by atoms with E-state index in [0.717, 1.165) is 24.0 Å². The number of methoxy groups -OCH3 is 1. The smallest absolute Gasteiger partial charge is 0.337 e. The van der Waals surface area contributed by atoms with Crippen molar-refractivity contribution >= 4 is 11.7 Å². The molecule has 3 nitrogen and oxygen atoms in total. The van der Waals surface area contributed by atoms with Gasteiger partial charge in [-0.2, -0.15) is 0 Å². The lowest BCUT2D eigenvalue weighted by Gasteiger charge is -2.22. The fourth-order valence-electron chi connectivity index (χ4n) is 2.65. The largest absolute Gasteiger partial charge is 0.507 e. The van der Waals surface area contributed by atoms with Crippen LogP contribution in [0.1, 0.15) is 43.9 Å². The number of rotatable bonds is 2. The molecule has 1 aliphatic rings. The lowest BCUT2D eigenvalue weighted by atomic mass is 9.84. The van der Waals surface area contributed by atoms with E-state index in [-0.39, 0.29) is 11.2 Å². The molecule has 2 rings (SSSR count). The number of fused-ring (bicyclic) bond motifs is 1. The highest BCUT2D eigenvalue weighted by atomic mass is 16.5. The molecule has 0 amide bonds. The highest BCUT2D eigenvalue weighted by Crippen LogP contribution is 2.32. The monoisotopic (exact) mass is 274 g/mol. The molecule has 0 unspecified atom stereocenters. The van der Waals surface area contributed by atoms with Gasteiger partial charge in [0, 0.05) is 5.56 Å². The number of benzene rings is 1. The van der Waals surface area contributed by atoms with Crippen molar-refractivity contribution in [3.63, 3.8) is 0 Å². The molecule has 1 N–H and O–H groups in total. The molecule has 20 heavy (non-hydrogen) atoms. The van der Waals surface area contributed by atoms with Crippen molar-refractivity contribution in [3.8, 4) is 0 Å². The van der Waals surface area contributed by atoms with E-state index in [1.807, 2.05) is 6.07 Å². The third kappa shape index (κ3) is 3.03. The summed E-state index contributed by atoms with van der Waals surface area (Å²) in [7, 11) is 1.34. The summed E-state index contributed by atoms with van der Waals surface area (Å²) >= 11 is 0. The molecule has 0 spiro atoms. The van der Waals surface area contributed by atoms with E-state index in [4.69, 9.17) is 4.74 Å². The Hall–Kier alpha value is -1.77. The number of carbonyl (C=O) groups excluding carboxylic acids is 1. The van der Waals surface area contributed by atoms with Crippen molar-refractivity contribution < 1.29 is 14.6 Å². The van der Waals surface area contributed by atoms with Gasteiger partial charge in [-0.25, -0.2) is 4.79 Å². The number of carbonyl (C=O) groups is 1. The molecule has 0 heterocycles. The lowest BCUT2D eigenvalue weighted by Crippen LogP contribution is -2.15. The second-order valence-electron chi connectivity index (χ2n) is 6.55. The van der Waals surface area contributed by atoms with E-state index in [1.54, 1.807) is 0 Å². The Morgan fingerprint density at radius 2 is 2.00 bits per heavy atom. The van der Waals surface area contributed by atoms with Crippen LogP contribution < -0.4 is 0 Å². The normalized spacial score (nSPS) is 15.0. The van der Waals surface area contributed by atoms with Crippen LogP contribution in [0, 0.1) is 5.41 Å². The molecule has 1 aromatic carbocycles. The van der Waals surface area contributed by atoms with Crippen molar-refractivity contribution in [2.45, 2.75) is 40.0 Å². The zero-order chi connectivity index (χ0) is 14.9. The van der Waals surface area contributed by atoms with Crippen LogP contribution in [0.4, 0.5) is 0 Å². The molecule has 0 radical (unpaired) electrons. The SMILES string of the molecule is COC(=O)C1=C(O)c2cc(CC(C)(C)C)ccc2CC1. The third-order valence-corrected chi connectivity index (χ3v) is 3.53. The van der Waals surface area contributed by atoms with Crippen molar-refractivity contribution in [3.05, 3.63) is 40.5 Å². The Bertz CT molecular complexity index is 562. The van der Waals surface area contributed by atoms with Crippen molar-refractivity contribution in [2.75, 3.05) is 7.11 Å². The topological polar surface area (TPSA) is 46.5 Å². The van der Waals surface area contributed by atoms with E-state index in [2.05, 4.69) is 32.9 Å². The summed E-state index contributed by atoms with van der Waals surface area (Å²) < 4.78 is 4.73. The number of aryl methyl sites for hydroxylation is 1. The molecular weight excluding hydrogens is 252 g/mol. The van der Waals surface area contributed by atoms with Crippen LogP contribution in [0.3, 0.4) is 0 Å². The van der Waals surface area contributed by atoms with Gasteiger partial charge in [0.05, 0.1) is 12.7 Å². The molecule has 1 aromatic rings. The van der Waals surface area contributed by atoms with Gasteiger partial charge in [0.2, 0.25) is 0 Å². The molecule has 1 aliphatic carbocycles. The first kappa shape index (κ1) is 14.6. The summed E-state index contributed by atoms with van der Waals surface area (Å²) in [5.41, 5.74) is 3.61. The van der Waals surface area contributed by atoms with Crippen LogP contribution in [0.25, 0.3) is 5.76 Å². The van der Waals surface area contributed by atoms with E-state index in [0.29, 0.717) is 12.0 Å². The third-order valence-electron chi connectivity index (χ3n) is 3.53. The van der Waals surface area contributed by atoms with E-state index in [9.17, 15) is 9.90 Å².